The Hall–Kier alpha value is -2.62. The lowest BCUT2D eigenvalue weighted by Gasteiger charge is -2.10. The monoisotopic (exact) mass is 370 g/mol. The minimum absolute atomic E-state index is 0.0383. The third kappa shape index (κ3) is 3.73. The number of amides is 2. The van der Waals surface area contributed by atoms with Crippen molar-refractivity contribution in [2.24, 2.45) is 14.1 Å². The molecule has 0 saturated carbocycles. The summed E-state index contributed by atoms with van der Waals surface area (Å²) in [5.74, 6) is -0.848. The van der Waals surface area contributed by atoms with E-state index in [2.05, 4.69) is 15.6 Å². The Balaban J connectivity index is 2.29. The number of aryl methyl sites for hydroxylation is 1. The summed E-state index contributed by atoms with van der Waals surface area (Å²) in [6.45, 7) is 3.10. The van der Waals surface area contributed by atoms with Crippen molar-refractivity contribution < 1.29 is 9.59 Å². The topological polar surface area (TPSA) is 120 Å². The van der Waals surface area contributed by atoms with Crippen LogP contribution < -0.4 is 21.9 Å². The van der Waals surface area contributed by atoms with Gasteiger partial charge >= 0.3 is 5.69 Å². The molecule has 0 unspecified atom stereocenters. The van der Waals surface area contributed by atoms with Crippen molar-refractivity contribution in [3.63, 3.8) is 0 Å². The van der Waals surface area contributed by atoms with Gasteiger partial charge in [0.1, 0.15) is 6.54 Å². The summed E-state index contributed by atoms with van der Waals surface area (Å²) in [5.41, 5.74) is -1.03. The standard InChI is InChI=1S/C14H19ClN6O4/c1-7(2)17-8(22)5-16-9(23)6-21-10-11(18-13(21)15)19(3)14(25)20(4)12(10)24/h7H,5-6H2,1-4H3,(H,16,23)(H,17,22). The number of carbonyl (C=O) groups is 2. The van der Waals surface area contributed by atoms with Gasteiger partial charge in [-0.15, -0.1) is 0 Å². The van der Waals surface area contributed by atoms with Crippen molar-refractivity contribution in [2.75, 3.05) is 6.54 Å². The molecule has 11 heteroatoms. The first kappa shape index (κ1) is 18.7. The van der Waals surface area contributed by atoms with Crippen LogP contribution in [0.3, 0.4) is 0 Å². The van der Waals surface area contributed by atoms with Gasteiger partial charge in [-0.1, -0.05) is 0 Å². The second-order valence-electron chi connectivity index (χ2n) is 5.84. The highest BCUT2D eigenvalue weighted by Crippen LogP contribution is 2.15. The highest BCUT2D eigenvalue weighted by Gasteiger charge is 2.20. The van der Waals surface area contributed by atoms with Crippen LogP contribution in [0.2, 0.25) is 5.28 Å². The third-order valence-electron chi connectivity index (χ3n) is 3.50. The molecule has 0 saturated heterocycles. The number of hydrogen-bond donors (Lipinski definition) is 2. The Morgan fingerprint density at radius 1 is 1.16 bits per heavy atom. The number of rotatable bonds is 5. The Labute approximate surface area is 147 Å². The zero-order valence-corrected chi connectivity index (χ0v) is 15.0. The van der Waals surface area contributed by atoms with Gasteiger partial charge in [-0.2, -0.15) is 4.98 Å². The molecular weight excluding hydrogens is 352 g/mol. The predicted octanol–water partition coefficient (Wildman–Crippen LogP) is -1.27. The maximum Gasteiger partial charge on any atom is 0.332 e. The lowest BCUT2D eigenvalue weighted by atomic mass is 10.4. The van der Waals surface area contributed by atoms with E-state index in [0.29, 0.717) is 0 Å². The summed E-state index contributed by atoms with van der Waals surface area (Å²) in [4.78, 5) is 51.9. The predicted molar refractivity (Wildman–Crippen MR) is 91.5 cm³/mol. The molecule has 2 heterocycles. The molecule has 2 aromatic rings. The normalized spacial score (nSPS) is 11.1. The van der Waals surface area contributed by atoms with Crippen molar-refractivity contribution in [1.82, 2.24) is 29.3 Å². The molecule has 0 spiro atoms. The minimum atomic E-state index is -0.608. The average molecular weight is 371 g/mol. The molecule has 136 valence electrons. The van der Waals surface area contributed by atoms with Crippen molar-refractivity contribution in [3.8, 4) is 0 Å². The number of halogens is 1. The molecule has 2 rings (SSSR count). The van der Waals surface area contributed by atoms with E-state index in [-0.39, 0.29) is 41.5 Å². The van der Waals surface area contributed by atoms with Gasteiger partial charge in [0.15, 0.2) is 11.2 Å². The van der Waals surface area contributed by atoms with Crippen molar-refractivity contribution in [3.05, 3.63) is 26.1 Å². The molecule has 0 aliphatic carbocycles. The van der Waals surface area contributed by atoms with Crippen LogP contribution in [0.25, 0.3) is 11.2 Å². The molecular formula is C14H19ClN6O4. The molecule has 2 amide bonds. The van der Waals surface area contributed by atoms with Gasteiger partial charge in [0.25, 0.3) is 5.56 Å². The van der Waals surface area contributed by atoms with Crippen LogP contribution in [-0.4, -0.2) is 43.1 Å². The average Bonchev–Trinajstić information content (AvgIpc) is 2.85. The van der Waals surface area contributed by atoms with Crippen LogP contribution in [0.4, 0.5) is 0 Å². The maximum absolute atomic E-state index is 12.3. The first-order chi connectivity index (χ1) is 11.6. The molecule has 0 aromatic carbocycles. The van der Waals surface area contributed by atoms with E-state index < -0.39 is 17.2 Å². The van der Waals surface area contributed by atoms with Crippen molar-refractivity contribution in [2.45, 2.75) is 26.4 Å². The Morgan fingerprint density at radius 2 is 1.80 bits per heavy atom. The zero-order chi connectivity index (χ0) is 18.9. The number of nitrogens with zero attached hydrogens (tertiary/aromatic N) is 4. The fourth-order valence-electron chi connectivity index (χ4n) is 2.32. The fraction of sp³-hybridized carbons (Fsp3) is 0.500. The molecule has 2 N–H and O–H groups in total. The molecule has 0 fully saturated rings. The molecule has 0 radical (unpaired) electrons. The summed E-state index contributed by atoms with van der Waals surface area (Å²) in [6.07, 6.45) is 0. The van der Waals surface area contributed by atoms with Crippen LogP contribution in [0.15, 0.2) is 9.59 Å². The van der Waals surface area contributed by atoms with Gasteiger partial charge in [0.05, 0.1) is 6.54 Å². The fourth-order valence-corrected chi connectivity index (χ4v) is 2.54. The molecule has 0 aliphatic heterocycles. The molecule has 10 nitrogen and oxygen atoms in total. The summed E-state index contributed by atoms with van der Waals surface area (Å²) in [5, 5.41) is 4.98. The minimum Gasteiger partial charge on any atom is -0.352 e. The van der Waals surface area contributed by atoms with E-state index in [1.54, 1.807) is 13.8 Å². The van der Waals surface area contributed by atoms with Crippen LogP contribution >= 0.6 is 11.6 Å². The number of aromatic nitrogens is 4. The lowest BCUT2D eigenvalue weighted by Crippen LogP contribution is -2.41. The van der Waals surface area contributed by atoms with Gasteiger partial charge in [0, 0.05) is 20.1 Å². The summed E-state index contributed by atoms with van der Waals surface area (Å²) >= 11 is 6.02. The second-order valence-corrected chi connectivity index (χ2v) is 6.18. The third-order valence-corrected chi connectivity index (χ3v) is 3.79. The number of carbonyl (C=O) groups excluding carboxylic acids is 2. The van der Waals surface area contributed by atoms with E-state index in [4.69, 9.17) is 11.6 Å². The lowest BCUT2D eigenvalue weighted by molar-refractivity contribution is -0.126. The van der Waals surface area contributed by atoms with Crippen molar-refractivity contribution >= 4 is 34.6 Å². The summed E-state index contributed by atoms with van der Waals surface area (Å²) in [7, 11) is 2.78. The van der Waals surface area contributed by atoms with Gasteiger partial charge in [0.2, 0.25) is 17.1 Å². The number of fused-ring (bicyclic) bond motifs is 1. The molecule has 0 bridgehead atoms. The van der Waals surface area contributed by atoms with Gasteiger partial charge in [-0.25, -0.2) is 4.79 Å². The van der Waals surface area contributed by atoms with Gasteiger partial charge in [-0.3, -0.25) is 28.1 Å². The van der Waals surface area contributed by atoms with Gasteiger partial charge in [-0.05, 0) is 25.4 Å². The van der Waals surface area contributed by atoms with E-state index in [1.807, 2.05) is 0 Å². The van der Waals surface area contributed by atoms with Crippen LogP contribution in [-0.2, 0) is 30.2 Å². The SMILES string of the molecule is CC(C)NC(=O)CNC(=O)Cn1c(Cl)nc2c1c(=O)n(C)c(=O)n2C. The molecule has 2 aromatic heterocycles. The van der Waals surface area contributed by atoms with E-state index in [0.717, 1.165) is 4.57 Å². The van der Waals surface area contributed by atoms with Gasteiger partial charge < -0.3 is 10.6 Å². The second kappa shape index (κ2) is 7.09. The van der Waals surface area contributed by atoms with Crippen LogP contribution in [0, 0.1) is 0 Å². The van der Waals surface area contributed by atoms with Crippen LogP contribution in [0.1, 0.15) is 13.8 Å². The highest BCUT2D eigenvalue weighted by molar-refractivity contribution is 6.29. The molecule has 0 aliphatic rings. The smallest absolute Gasteiger partial charge is 0.332 e. The number of nitrogens with one attached hydrogen (secondary N) is 2. The Kier molecular flexibility index (Phi) is 5.31. The quantitative estimate of drug-likeness (QED) is 0.636. The largest absolute Gasteiger partial charge is 0.352 e. The molecule has 0 atom stereocenters. The molecule has 25 heavy (non-hydrogen) atoms. The Morgan fingerprint density at radius 3 is 2.40 bits per heavy atom. The van der Waals surface area contributed by atoms with Crippen molar-refractivity contribution in [1.29, 1.82) is 0 Å². The zero-order valence-electron chi connectivity index (χ0n) is 14.3. The first-order valence-electron chi connectivity index (χ1n) is 7.51. The highest BCUT2D eigenvalue weighted by atomic mass is 35.5. The van der Waals surface area contributed by atoms with Crippen LogP contribution in [0.5, 0.6) is 0 Å². The Bertz CT molecular complexity index is 955. The summed E-state index contributed by atoms with van der Waals surface area (Å²) in [6, 6.07) is -0.0410. The first-order valence-corrected chi connectivity index (χ1v) is 7.89. The van der Waals surface area contributed by atoms with E-state index in [9.17, 15) is 19.2 Å². The summed E-state index contributed by atoms with van der Waals surface area (Å²) < 4.78 is 3.28. The van der Waals surface area contributed by atoms with E-state index >= 15 is 0 Å². The number of imidazole rings is 1. The number of hydrogen-bond acceptors (Lipinski definition) is 5. The maximum atomic E-state index is 12.3. The van der Waals surface area contributed by atoms with E-state index in [1.165, 1.54) is 23.2 Å².